The Balaban J connectivity index is 1.59. The number of fused-ring (bicyclic) bond motifs is 1. The number of hydrogen-bond acceptors (Lipinski definition) is 4. The number of nitrogens with one attached hydrogen (secondary N) is 2. The maximum atomic E-state index is 12.1. The second kappa shape index (κ2) is 8.46. The van der Waals surface area contributed by atoms with E-state index >= 15 is 0 Å². The molecule has 1 aliphatic heterocycles. The van der Waals surface area contributed by atoms with Crippen LogP contribution in [0.5, 0.6) is 0 Å². The Hall–Kier alpha value is -2.83. The fourth-order valence-electron chi connectivity index (χ4n) is 3.02. The van der Waals surface area contributed by atoms with Crippen molar-refractivity contribution in [3.05, 3.63) is 42.1 Å². The van der Waals surface area contributed by atoms with Gasteiger partial charge >= 0.3 is 6.09 Å². The van der Waals surface area contributed by atoms with E-state index in [-0.39, 0.29) is 12.1 Å². The van der Waals surface area contributed by atoms with E-state index in [1.54, 1.807) is 4.90 Å². The van der Waals surface area contributed by atoms with Crippen LogP contribution in [-0.4, -0.2) is 53.2 Å². The van der Waals surface area contributed by atoms with Gasteiger partial charge in [0.25, 0.3) is 0 Å². The summed E-state index contributed by atoms with van der Waals surface area (Å²) in [7, 11) is 0. The molecule has 0 saturated carbocycles. The van der Waals surface area contributed by atoms with Crippen LogP contribution in [0.3, 0.4) is 0 Å². The fraction of sp³-hybridized carbons (Fsp3) is 0.476. The smallest absolute Gasteiger partial charge is 0.410 e. The summed E-state index contributed by atoms with van der Waals surface area (Å²) in [4.78, 5) is 22.9. The molecule has 0 unspecified atom stereocenters. The van der Waals surface area contributed by atoms with Gasteiger partial charge in [-0.1, -0.05) is 18.2 Å². The van der Waals surface area contributed by atoms with E-state index in [1.807, 2.05) is 58.2 Å². The monoisotopic (exact) mass is 383 g/mol. The highest BCUT2D eigenvalue weighted by molar-refractivity contribution is 5.83. The molecule has 1 aromatic carbocycles. The van der Waals surface area contributed by atoms with Crippen LogP contribution in [-0.2, 0) is 11.3 Å². The number of carbonyl (C=O) groups excluding carboxylic acids is 1. The summed E-state index contributed by atoms with van der Waals surface area (Å²) in [6, 6.07) is 10.2. The number of pyridine rings is 1. The molecule has 7 nitrogen and oxygen atoms in total. The fourth-order valence-corrected chi connectivity index (χ4v) is 3.02. The first-order valence-corrected chi connectivity index (χ1v) is 9.71. The molecule has 0 spiro atoms. The van der Waals surface area contributed by atoms with Crippen LogP contribution in [0.1, 0.15) is 33.3 Å². The van der Waals surface area contributed by atoms with Gasteiger partial charge in [-0.25, -0.2) is 9.79 Å². The molecule has 1 aliphatic rings. The van der Waals surface area contributed by atoms with E-state index in [9.17, 15) is 4.79 Å². The van der Waals surface area contributed by atoms with E-state index in [4.69, 9.17) is 9.73 Å². The third-order valence-corrected chi connectivity index (χ3v) is 4.37. The van der Waals surface area contributed by atoms with Gasteiger partial charge in [0.1, 0.15) is 5.60 Å². The first-order chi connectivity index (χ1) is 13.4. The lowest BCUT2D eigenvalue weighted by Crippen LogP contribution is -2.63. The van der Waals surface area contributed by atoms with E-state index in [0.29, 0.717) is 19.6 Å². The van der Waals surface area contributed by atoms with E-state index in [1.165, 1.54) is 0 Å². The van der Waals surface area contributed by atoms with Crippen molar-refractivity contribution in [2.45, 2.75) is 45.9 Å². The first kappa shape index (κ1) is 19.9. The third kappa shape index (κ3) is 5.12. The van der Waals surface area contributed by atoms with Crippen molar-refractivity contribution >= 4 is 23.0 Å². The summed E-state index contributed by atoms with van der Waals surface area (Å²) >= 11 is 0. The molecule has 3 rings (SSSR count). The molecule has 0 bridgehead atoms. The van der Waals surface area contributed by atoms with Gasteiger partial charge in [-0.15, -0.1) is 0 Å². The van der Waals surface area contributed by atoms with Gasteiger partial charge < -0.3 is 20.3 Å². The highest BCUT2D eigenvalue weighted by atomic mass is 16.6. The number of aromatic nitrogens is 1. The Labute approximate surface area is 166 Å². The number of likely N-dealkylation sites (tertiary alicyclic amines) is 1. The first-order valence-electron chi connectivity index (χ1n) is 9.71. The van der Waals surface area contributed by atoms with Crippen LogP contribution >= 0.6 is 0 Å². The van der Waals surface area contributed by atoms with Crippen molar-refractivity contribution in [2.24, 2.45) is 4.99 Å². The van der Waals surface area contributed by atoms with E-state index in [0.717, 1.165) is 29.0 Å². The van der Waals surface area contributed by atoms with Gasteiger partial charge in [0.05, 0.1) is 18.1 Å². The summed E-state index contributed by atoms with van der Waals surface area (Å²) in [6.45, 7) is 10.2. The molecule has 150 valence electrons. The zero-order valence-corrected chi connectivity index (χ0v) is 17.0. The number of para-hydroxylation sites is 1. The Bertz CT molecular complexity index is 848. The summed E-state index contributed by atoms with van der Waals surface area (Å²) in [5, 5.41) is 7.78. The molecule has 2 aromatic rings. The number of carbonyl (C=O) groups is 1. The highest BCUT2D eigenvalue weighted by Gasteiger charge is 2.34. The number of rotatable bonds is 4. The third-order valence-electron chi connectivity index (χ3n) is 4.37. The summed E-state index contributed by atoms with van der Waals surface area (Å²) < 4.78 is 5.40. The number of aliphatic imine (C=N–C) groups is 1. The number of ether oxygens (including phenoxy) is 1. The molecule has 0 radical (unpaired) electrons. The SMILES string of the molecule is CCNC(=NCc1ccnc2ccccc12)NC1CN(C(=O)OC(C)(C)C)C1. The molecule has 7 heteroatoms. The number of nitrogens with zero attached hydrogens (tertiary/aromatic N) is 3. The highest BCUT2D eigenvalue weighted by Crippen LogP contribution is 2.17. The molecular formula is C21H29N5O2. The van der Waals surface area contributed by atoms with Crippen molar-refractivity contribution in [1.29, 1.82) is 0 Å². The minimum atomic E-state index is -0.473. The van der Waals surface area contributed by atoms with Crippen molar-refractivity contribution in [3.63, 3.8) is 0 Å². The summed E-state index contributed by atoms with van der Waals surface area (Å²) in [5.41, 5.74) is 1.63. The molecule has 1 aromatic heterocycles. The molecule has 2 N–H and O–H groups in total. The largest absolute Gasteiger partial charge is 0.444 e. The van der Waals surface area contributed by atoms with Crippen molar-refractivity contribution in [3.8, 4) is 0 Å². The molecule has 2 heterocycles. The molecule has 1 saturated heterocycles. The van der Waals surface area contributed by atoms with Gasteiger partial charge in [0.2, 0.25) is 0 Å². The topological polar surface area (TPSA) is 78.9 Å². The lowest BCUT2D eigenvalue weighted by atomic mass is 10.1. The maximum Gasteiger partial charge on any atom is 0.410 e. The quantitative estimate of drug-likeness (QED) is 0.627. The number of guanidine groups is 1. The molecule has 1 amide bonds. The average Bonchev–Trinajstić information content (AvgIpc) is 2.60. The lowest BCUT2D eigenvalue weighted by Gasteiger charge is -2.40. The summed E-state index contributed by atoms with van der Waals surface area (Å²) in [6.07, 6.45) is 1.55. The van der Waals surface area contributed by atoms with Crippen LogP contribution in [0.25, 0.3) is 10.9 Å². The Morgan fingerprint density at radius 2 is 2.04 bits per heavy atom. The zero-order chi connectivity index (χ0) is 20.1. The number of hydrogen-bond donors (Lipinski definition) is 2. The predicted molar refractivity (Wildman–Crippen MR) is 111 cm³/mol. The average molecular weight is 383 g/mol. The van der Waals surface area contributed by atoms with Crippen molar-refractivity contribution < 1.29 is 9.53 Å². The van der Waals surface area contributed by atoms with Crippen LogP contribution in [0.2, 0.25) is 0 Å². The Morgan fingerprint density at radius 1 is 1.29 bits per heavy atom. The van der Waals surface area contributed by atoms with Gasteiger partial charge in [-0.05, 0) is 45.4 Å². The molecule has 28 heavy (non-hydrogen) atoms. The van der Waals surface area contributed by atoms with Gasteiger partial charge in [-0.3, -0.25) is 4.98 Å². The minimum absolute atomic E-state index is 0.166. The second-order valence-corrected chi connectivity index (χ2v) is 7.91. The lowest BCUT2D eigenvalue weighted by molar-refractivity contribution is 0.00701. The zero-order valence-electron chi connectivity index (χ0n) is 17.0. The van der Waals surface area contributed by atoms with Gasteiger partial charge in [0, 0.05) is 31.2 Å². The van der Waals surface area contributed by atoms with Crippen LogP contribution in [0.15, 0.2) is 41.5 Å². The van der Waals surface area contributed by atoms with Gasteiger partial charge in [0.15, 0.2) is 5.96 Å². The van der Waals surface area contributed by atoms with E-state index in [2.05, 4.69) is 21.7 Å². The standard InChI is InChI=1S/C21H29N5O2/c1-5-22-19(25-16-13-26(14-16)20(27)28-21(2,3)4)24-12-15-10-11-23-18-9-7-6-8-17(15)18/h6-11,16H,5,12-14H2,1-4H3,(H2,22,24,25). The molecule has 0 atom stereocenters. The van der Waals surface area contributed by atoms with Crippen LogP contribution in [0, 0.1) is 0 Å². The summed E-state index contributed by atoms with van der Waals surface area (Å²) in [5.74, 6) is 0.747. The van der Waals surface area contributed by atoms with Crippen molar-refractivity contribution in [2.75, 3.05) is 19.6 Å². The van der Waals surface area contributed by atoms with Crippen molar-refractivity contribution in [1.82, 2.24) is 20.5 Å². The number of benzene rings is 1. The normalized spacial score (nSPS) is 15.3. The minimum Gasteiger partial charge on any atom is -0.444 e. The number of amides is 1. The second-order valence-electron chi connectivity index (χ2n) is 7.91. The van der Waals surface area contributed by atoms with Crippen LogP contribution in [0.4, 0.5) is 4.79 Å². The molecule has 0 aliphatic carbocycles. The maximum absolute atomic E-state index is 12.1. The van der Waals surface area contributed by atoms with E-state index < -0.39 is 5.60 Å². The molecule has 1 fully saturated rings. The predicted octanol–water partition coefficient (Wildman–Crippen LogP) is 2.91. The Morgan fingerprint density at radius 3 is 2.75 bits per heavy atom. The van der Waals surface area contributed by atoms with Gasteiger partial charge in [-0.2, -0.15) is 0 Å². The Kier molecular flexibility index (Phi) is 6.02. The van der Waals surface area contributed by atoms with Crippen LogP contribution < -0.4 is 10.6 Å². The molecular weight excluding hydrogens is 354 g/mol.